The third-order valence-corrected chi connectivity index (χ3v) is 6.87. The van der Waals surface area contributed by atoms with Gasteiger partial charge in [0.05, 0.1) is 12.4 Å². The lowest BCUT2D eigenvalue weighted by atomic mass is 9.77. The summed E-state index contributed by atoms with van der Waals surface area (Å²) in [5.74, 6) is -0.814. The van der Waals surface area contributed by atoms with Crippen molar-refractivity contribution < 1.29 is 22.3 Å². The average Bonchev–Trinajstić information content (AvgIpc) is 3.20. The number of nitrogens with one attached hydrogen (secondary N) is 2. The summed E-state index contributed by atoms with van der Waals surface area (Å²) in [6.45, 7) is 8.60. The lowest BCUT2D eigenvalue weighted by molar-refractivity contribution is -0.274. The van der Waals surface area contributed by atoms with Crippen molar-refractivity contribution in [3.05, 3.63) is 42.6 Å². The van der Waals surface area contributed by atoms with Crippen LogP contribution in [0, 0.1) is 5.82 Å². The van der Waals surface area contributed by atoms with Crippen molar-refractivity contribution in [2.75, 3.05) is 17.7 Å². The molecule has 1 saturated heterocycles. The summed E-state index contributed by atoms with van der Waals surface area (Å²) >= 11 is 0. The molecule has 3 aromatic rings. The first-order chi connectivity index (χ1) is 17.1. The number of ether oxygens (including phenoxy) is 1. The number of anilines is 3. The van der Waals surface area contributed by atoms with Crippen molar-refractivity contribution in [3.63, 3.8) is 0 Å². The Morgan fingerprint density at radius 2 is 1.73 bits per heavy atom. The summed E-state index contributed by atoms with van der Waals surface area (Å²) in [6.07, 6.45) is 0.783. The van der Waals surface area contributed by atoms with Crippen LogP contribution in [0.1, 0.15) is 40.5 Å². The molecule has 0 aliphatic carbocycles. The highest BCUT2D eigenvalue weighted by Crippen LogP contribution is 2.39. The van der Waals surface area contributed by atoms with E-state index in [4.69, 9.17) is 0 Å². The molecule has 0 bridgehead atoms. The van der Waals surface area contributed by atoms with Crippen LogP contribution >= 0.6 is 0 Å². The van der Waals surface area contributed by atoms with Gasteiger partial charge in [-0.05, 0) is 65.8 Å². The summed E-state index contributed by atoms with van der Waals surface area (Å²) in [4.78, 5) is 10.7. The molecule has 4 rings (SSSR count). The molecule has 1 aromatic carbocycles. The van der Waals surface area contributed by atoms with Crippen LogP contribution in [0.3, 0.4) is 0 Å². The van der Waals surface area contributed by atoms with E-state index < -0.39 is 12.2 Å². The summed E-state index contributed by atoms with van der Waals surface area (Å²) < 4.78 is 59.2. The van der Waals surface area contributed by atoms with Crippen molar-refractivity contribution in [3.8, 4) is 16.9 Å². The van der Waals surface area contributed by atoms with Crippen molar-refractivity contribution in [2.24, 2.45) is 7.05 Å². The molecule has 0 unspecified atom stereocenters. The number of benzene rings is 1. The highest BCUT2D eigenvalue weighted by Gasteiger charge is 2.43. The Labute approximate surface area is 213 Å². The van der Waals surface area contributed by atoms with Gasteiger partial charge < -0.3 is 15.4 Å². The zero-order valence-electron chi connectivity index (χ0n) is 21.6. The van der Waals surface area contributed by atoms with Crippen LogP contribution in [-0.2, 0) is 7.05 Å². The molecule has 1 fully saturated rings. The molecule has 12 heteroatoms. The Morgan fingerprint density at radius 3 is 2.32 bits per heavy atom. The normalized spacial score (nSPS) is 18.0. The van der Waals surface area contributed by atoms with Gasteiger partial charge in [-0.15, -0.1) is 13.2 Å². The number of halogens is 4. The Morgan fingerprint density at radius 1 is 1.05 bits per heavy atom. The Bertz CT molecular complexity index is 1250. The van der Waals surface area contributed by atoms with Gasteiger partial charge in [0.25, 0.3) is 0 Å². The molecule has 1 aliphatic heterocycles. The third kappa shape index (κ3) is 6.12. The topological polar surface area (TPSA) is 80.1 Å². The quantitative estimate of drug-likeness (QED) is 0.402. The molecule has 8 nitrogen and oxygen atoms in total. The fourth-order valence-corrected chi connectivity index (χ4v) is 4.93. The molecule has 200 valence electrons. The van der Waals surface area contributed by atoms with Crippen molar-refractivity contribution in [1.82, 2.24) is 24.6 Å². The van der Waals surface area contributed by atoms with Gasteiger partial charge in [-0.2, -0.15) is 10.1 Å². The number of aromatic nitrogens is 4. The van der Waals surface area contributed by atoms with Gasteiger partial charge in [-0.25, -0.2) is 9.37 Å². The lowest BCUT2D eigenvalue weighted by Gasteiger charge is -2.53. The Kier molecular flexibility index (Phi) is 6.82. The minimum absolute atomic E-state index is 0.0190. The molecular formula is C25H31F4N7O. The molecule has 3 heterocycles. The second-order valence-corrected chi connectivity index (χ2v) is 10.6. The molecule has 1 aliphatic rings. The number of aryl methyl sites for hydroxylation is 1. The van der Waals surface area contributed by atoms with Crippen molar-refractivity contribution in [2.45, 2.75) is 64.0 Å². The molecule has 0 atom stereocenters. The van der Waals surface area contributed by atoms with Crippen LogP contribution in [-0.4, -0.2) is 55.2 Å². The first-order valence-electron chi connectivity index (χ1n) is 11.8. The van der Waals surface area contributed by atoms with E-state index in [0.717, 1.165) is 19.0 Å². The molecule has 2 aromatic heterocycles. The van der Waals surface area contributed by atoms with Gasteiger partial charge >= 0.3 is 6.36 Å². The van der Waals surface area contributed by atoms with Gasteiger partial charge in [0.15, 0.2) is 11.6 Å². The average molecular weight is 522 g/mol. The maximum absolute atomic E-state index is 14.7. The number of rotatable bonds is 6. The second-order valence-electron chi connectivity index (χ2n) is 10.6. The van der Waals surface area contributed by atoms with Crippen LogP contribution < -0.4 is 15.4 Å². The van der Waals surface area contributed by atoms with Crippen LogP contribution in [0.4, 0.5) is 35.0 Å². The Hall–Kier alpha value is -3.41. The number of piperidine rings is 1. The highest BCUT2D eigenvalue weighted by molar-refractivity contribution is 5.75. The Balaban J connectivity index is 1.59. The standard InChI is InChI=1S/C25H31F4N7O/c1-23(2)10-17(11-24(3,4)36(23)6)32-21-19(26)13-30-22(34-21)33-16-7-8-20(37-25(27,28)29)18(9-16)15-12-31-35(5)14-15/h7-9,12-14,17H,10-11H2,1-6H3,(H2,30,32,33,34). The van der Waals surface area contributed by atoms with Crippen LogP contribution in [0.5, 0.6) is 5.75 Å². The summed E-state index contributed by atoms with van der Waals surface area (Å²) in [5, 5.41) is 10.2. The van der Waals surface area contributed by atoms with Crippen LogP contribution in [0.25, 0.3) is 11.1 Å². The van der Waals surface area contributed by atoms with Crippen LogP contribution in [0.15, 0.2) is 36.8 Å². The van der Waals surface area contributed by atoms with Gasteiger partial charge in [0.2, 0.25) is 5.95 Å². The van der Waals surface area contributed by atoms with Gasteiger partial charge in [-0.1, -0.05) is 0 Å². The SMILES string of the molecule is CN1C(C)(C)CC(Nc2nc(Nc3ccc(OC(F)(F)F)c(-c4cnn(C)c4)c3)ncc2F)CC1(C)C. The van der Waals surface area contributed by atoms with Crippen molar-refractivity contribution in [1.29, 1.82) is 0 Å². The molecule has 37 heavy (non-hydrogen) atoms. The lowest BCUT2D eigenvalue weighted by Crippen LogP contribution is -2.61. The summed E-state index contributed by atoms with van der Waals surface area (Å²) in [5.41, 5.74) is 0.791. The minimum Gasteiger partial charge on any atom is -0.405 e. The van der Waals surface area contributed by atoms with E-state index in [0.29, 0.717) is 11.3 Å². The molecule has 2 N–H and O–H groups in total. The third-order valence-electron chi connectivity index (χ3n) is 6.87. The van der Waals surface area contributed by atoms with Gasteiger partial charge in [0.1, 0.15) is 5.75 Å². The minimum atomic E-state index is -4.86. The smallest absolute Gasteiger partial charge is 0.405 e. The van der Waals surface area contributed by atoms with E-state index in [1.165, 1.54) is 29.1 Å². The van der Waals surface area contributed by atoms with E-state index in [1.807, 2.05) is 0 Å². The number of hydrogen-bond donors (Lipinski definition) is 2. The summed E-state index contributed by atoms with van der Waals surface area (Å²) in [7, 11) is 3.75. The zero-order chi connectivity index (χ0) is 27.2. The fraction of sp³-hybridized carbons (Fsp3) is 0.480. The molecule has 0 saturated carbocycles. The number of nitrogens with zero attached hydrogens (tertiary/aromatic N) is 5. The first kappa shape index (κ1) is 26.6. The molecule has 0 radical (unpaired) electrons. The predicted molar refractivity (Wildman–Crippen MR) is 133 cm³/mol. The summed E-state index contributed by atoms with van der Waals surface area (Å²) in [6, 6.07) is 4.06. The van der Waals surface area contributed by atoms with E-state index in [-0.39, 0.29) is 40.2 Å². The fourth-order valence-electron chi connectivity index (χ4n) is 4.93. The largest absolute Gasteiger partial charge is 0.573 e. The van der Waals surface area contributed by atoms with Gasteiger partial charge in [-0.3, -0.25) is 9.58 Å². The number of likely N-dealkylation sites (tertiary alicyclic amines) is 1. The van der Waals surface area contributed by atoms with Crippen molar-refractivity contribution >= 4 is 17.5 Å². The number of alkyl halides is 3. The van der Waals surface area contributed by atoms with E-state index in [2.05, 4.69) is 70.1 Å². The van der Waals surface area contributed by atoms with E-state index in [1.54, 1.807) is 13.2 Å². The predicted octanol–water partition coefficient (Wildman–Crippen LogP) is 5.72. The first-order valence-corrected chi connectivity index (χ1v) is 11.8. The molecule has 0 amide bonds. The second kappa shape index (κ2) is 9.47. The monoisotopic (exact) mass is 521 g/mol. The number of hydrogen-bond acceptors (Lipinski definition) is 7. The molecule has 0 spiro atoms. The van der Waals surface area contributed by atoms with Gasteiger partial charge in [0, 0.05) is 47.2 Å². The maximum atomic E-state index is 14.7. The van der Waals surface area contributed by atoms with E-state index in [9.17, 15) is 17.6 Å². The zero-order valence-corrected chi connectivity index (χ0v) is 21.6. The molecular weight excluding hydrogens is 490 g/mol. The van der Waals surface area contributed by atoms with E-state index >= 15 is 0 Å². The van der Waals surface area contributed by atoms with Crippen LogP contribution in [0.2, 0.25) is 0 Å². The highest BCUT2D eigenvalue weighted by atomic mass is 19.4. The maximum Gasteiger partial charge on any atom is 0.573 e.